The van der Waals surface area contributed by atoms with Crippen molar-refractivity contribution in [3.63, 3.8) is 0 Å². The van der Waals surface area contributed by atoms with Crippen molar-refractivity contribution in [3.05, 3.63) is 17.7 Å². The first-order valence-corrected chi connectivity index (χ1v) is 13.0. The Kier molecular flexibility index (Phi) is 7.37. The Balaban J connectivity index is 1.44. The maximum Gasteiger partial charge on any atom is 0.257 e. The molecule has 5 rings (SSSR count). The Hall–Kier alpha value is -2.02. The van der Waals surface area contributed by atoms with Crippen LogP contribution in [0.25, 0.3) is 0 Å². The lowest BCUT2D eigenvalue weighted by Crippen LogP contribution is -2.57. The minimum absolute atomic E-state index is 0.247. The molecule has 182 valence electrons. The van der Waals surface area contributed by atoms with Gasteiger partial charge in [-0.3, -0.25) is 10.1 Å². The van der Waals surface area contributed by atoms with Crippen molar-refractivity contribution in [2.45, 2.75) is 72.3 Å². The third-order valence-corrected chi connectivity index (χ3v) is 7.97. The maximum absolute atomic E-state index is 13.1. The number of nitrogens with one attached hydrogen (secondary N) is 2. The van der Waals surface area contributed by atoms with Gasteiger partial charge < -0.3 is 19.5 Å². The zero-order valence-corrected chi connectivity index (χ0v) is 21.2. The number of thiocarbonyl (C=S) groups is 1. The lowest BCUT2D eigenvalue weighted by atomic mass is 9.48. The smallest absolute Gasteiger partial charge is 0.257 e. The molecule has 4 fully saturated rings. The predicted molar refractivity (Wildman–Crippen MR) is 133 cm³/mol. The molecule has 1 amide bonds. The molecule has 0 saturated heterocycles. The summed E-state index contributed by atoms with van der Waals surface area (Å²) in [5.41, 5.74) is 0.740. The lowest BCUT2D eigenvalue weighted by Gasteiger charge is -2.59. The number of amides is 1. The number of hydrogen-bond acceptors (Lipinski definition) is 5. The minimum Gasteiger partial charge on any atom is -0.490 e. The molecule has 4 bridgehead atoms. The fraction of sp³-hybridized carbons (Fsp3) is 0.692. The average Bonchev–Trinajstić information content (AvgIpc) is 2.75. The highest BCUT2D eigenvalue weighted by Gasteiger charge is 2.53. The molecule has 0 radical (unpaired) electrons. The Morgan fingerprint density at radius 2 is 1.45 bits per heavy atom. The summed E-state index contributed by atoms with van der Waals surface area (Å²) in [6.45, 7) is 9.33. The van der Waals surface area contributed by atoms with Crippen LogP contribution in [0.3, 0.4) is 0 Å². The zero-order valence-electron chi connectivity index (χ0n) is 20.4. The first-order valence-electron chi connectivity index (χ1n) is 12.6. The third-order valence-electron chi connectivity index (χ3n) is 7.75. The second kappa shape index (κ2) is 10.1. The van der Waals surface area contributed by atoms with Crippen LogP contribution in [0.15, 0.2) is 12.1 Å². The van der Waals surface area contributed by atoms with Gasteiger partial charge in [0, 0.05) is 11.6 Å². The molecule has 4 aliphatic carbocycles. The van der Waals surface area contributed by atoms with Crippen molar-refractivity contribution >= 4 is 23.2 Å². The number of benzene rings is 1. The van der Waals surface area contributed by atoms with Gasteiger partial charge in [-0.05, 0) is 114 Å². The number of carbonyl (C=O) groups is 1. The molecule has 4 aliphatic rings. The van der Waals surface area contributed by atoms with Crippen LogP contribution in [0, 0.1) is 23.2 Å². The molecule has 0 aliphatic heterocycles. The third kappa shape index (κ3) is 5.08. The van der Waals surface area contributed by atoms with Crippen LogP contribution in [-0.4, -0.2) is 36.9 Å². The molecule has 0 unspecified atom stereocenters. The van der Waals surface area contributed by atoms with E-state index in [1.807, 2.05) is 20.8 Å². The average molecular weight is 475 g/mol. The Labute approximate surface area is 203 Å². The number of rotatable bonds is 9. The van der Waals surface area contributed by atoms with Crippen LogP contribution < -0.4 is 24.8 Å². The molecule has 1 aromatic rings. The van der Waals surface area contributed by atoms with Crippen molar-refractivity contribution in [2.24, 2.45) is 23.2 Å². The van der Waals surface area contributed by atoms with Crippen LogP contribution in [-0.2, 0) is 0 Å². The molecule has 0 spiro atoms. The molecule has 0 aromatic heterocycles. The van der Waals surface area contributed by atoms with E-state index >= 15 is 0 Å². The van der Waals surface area contributed by atoms with Crippen LogP contribution >= 0.6 is 12.2 Å². The van der Waals surface area contributed by atoms with Gasteiger partial charge in [0.05, 0.1) is 19.8 Å². The van der Waals surface area contributed by atoms with E-state index in [0.29, 0.717) is 53.2 Å². The Morgan fingerprint density at radius 3 is 1.91 bits per heavy atom. The van der Waals surface area contributed by atoms with Crippen molar-refractivity contribution in [2.75, 3.05) is 19.8 Å². The number of hydrogen-bond donors (Lipinski definition) is 2. The van der Waals surface area contributed by atoms with Gasteiger partial charge in [0.15, 0.2) is 16.6 Å². The van der Waals surface area contributed by atoms with Crippen LogP contribution in [0.2, 0.25) is 0 Å². The normalized spacial score (nSPS) is 28.2. The molecule has 4 saturated carbocycles. The van der Waals surface area contributed by atoms with E-state index in [0.717, 1.165) is 17.8 Å². The lowest BCUT2D eigenvalue weighted by molar-refractivity contribution is -0.0672. The number of ether oxygens (including phenoxy) is 3. The van der Waals surface area contributed by atoms with Gasteiger partial charge in [-0.1, -0.05) is 0 Å². The number of carbonyl (C=O) groups excluding carboxylic acids is 1. The van der Waals surface area contributed by atoms with Gasteiger partial charge in [0.1, 0.15) is 0 Å². The summed E-state index contributed by atoms with van der Waals surface area (Å²) in [5, 5.41) is 6.72. The van der Waals surface area contributed by atoms with Gasteiger partial charge in [-0.25, -0.2) is 0 Å². The highest BCUT2D eigenvalue weighted by molar-refractivity contribution is 7.80. The molecular weight excluding hydrogens is 436 g/mol. The van der Waals surface area contributed by atoms with Gasteiger partial charge in [-0.15, -0.1) is 0 Å². The van der Waals surface area contributed by atoms with Gasteiger partial charge in [-0.2, -0.15) is 0 Å². The molecule has 33 heavy (non-hydrogen) atoms. The van der Waals surface area contributed by atoms with Gasteiger partial charge in [0.25, 0.3) is 5.91 Å². The Bertz CT molecular complexity index is 825. The molecule has 0 heterocycles. The second-order valence-electron chi connectivity index (χ2n) is 10.0. The fourth-order valence-corrected chi connectivity index (χ4v) is 7.06. The summed E-state index contributed by atoms with van der Waals surface area (Å²) in [6.07, 6.45) is 8.10. The summed E-state index contributed by atoms with van der Waals surface area (Å²) in [4.78, 5) is 13.1. The molecule has 1 aromatic carbocycles. The Morgan fingerprint density at radius 1 is 0.970 bits per heavy atom. The largest absolute Gasteiger partial charge is 0.490 e. The zero-order chi connectivity index (χ0) is 23.6. The van der Waals surface area contributed by atoms with E-state index in [9.17, 15) is 4.79 Å². The van der Waals surface area contributed by atoms with E-state index in [4.69, 9.17) is 26.4 Å². The monoisotopic (exact) mass is 474 g/mol. The summed E-state index contributed by atoms with van der Waals surface area (Å²) >= 11 is 5.57. The second-order valence-corrected chi connectivity index (χ2v) is 10.4. The summed E-state index contributed by atoms with van der Waals surface area (Å²) in [7, 11) is 0. The first kappa shape index (κ1) is 24.1. The van der Waals surface area contributed by atoms with E-state index in [1.54, 1.807) is 12.1 Å². The highest BCUT2D eigenvalue weighted by Crippen LogP contribution is 2.61. The first-order chi connectivity index (χ1) is 15.9. The fourth-order valence-electron chi connectivity index (χ4n) is 6.79. The molecule has 7 heteroatoms. The van der Waals surface area contributed by atoms with Crippen molar-refractivity contribution in [1.29, 1.82) is 0 Å². The predicted octanol–water partition coefficient (Wildman–Crippen LogP) is 5.09. The summed E-state index contributed by atoms with van der Waals surface area (Å²) < 4.78 is 17.2. The molecule has 2 N–H and O–H groups in total. The maximum atomic E-state index is 13.1. The minimum atomic E-state index is -0.282. The van der Waals surface area contributed by atoms with E-state index in [1.165, 1.54) is 38.5 Å². The van der Waals surface area contributed by atoms with E-state index in [2.05, 4.69) is 17.6 Å². The van der Waals surface area contributed by atoms with E-state index in [-0.39, 0.29) is 11.9 Å². The standard InChI is InChI=1S/C26H38N2O4S/c1-5-30-21-11-20(12-22(31-6-2)23(21)32-7-3)24(29)28-25(33)27-16(4)26-13-17-8-18(14-26)10-19(9-17)15-26/h11-12,16-19H,5-10,13-15H2,1-4H3,(H2,27,28,29,33)/t16-,17?,18?,19?,26?/m0/s1. The van der Waals surface area contributed by atoms with Crippen molar-refractivity contribution < 1.29 is 19.0 Å². The van der Waals surface area contributed by atoms with Gasteiger partial charge in [0.2, 0.25) is 5.75 Å². The molecular formula is C26H38N2O4S. The summed E-state index contributed by atoms with van der Waals surface area (Å²) in [6, 6.07) is 3.63. The summed E-state index contributed by atoms with van der Waals surface area (Å²) in [5.74, 6) is 3.86. The molecule has 1 atom stereocenters. The van der Waals surface area contributed by atoms with Crippen LogP contribution in [0.4, 0.5) is 0 Å². The quantitative estimate of drug-likeness (QED) is 0.486. The SMILES string of the molecule is CCOc1cc(C(=O)NC(=S)N[C@@H](C)C23CC4CC(CC(C4)C2)C3)cc(OCC)c1OCC. The van der Waals surface area contributed by atoms with E-state index < -0.39 is 0 Å². The van der Waals surface area contributed by atoms with Gasteiger partial charge >= 0.3 is 0 Å². The topological polar surface area (TPSA) is 68.8 Å². The highest BCUT2D eigenvalue weighted by atomic mass is 32.1. The van der Waals surface area contributed by atoms with Crippen LogP contribution in [0.5, 0.6) is 17.2 Å². The van der Waals surface area contributed by atoms with Crippen LogP contribution in [0.1, 0.15) is 76.6 Å². The van der Waals surface area contributed by atoms with Crippen molar-refractivity contribution in [1.82, 2.24) is 10.6 Å². The van der Waals surface area contributed by atoms with Crippen molar-refractivity contribution in [3.8, 4) is 17.2 Å². The molecule has 6 nitrogen and oxygen atoms in total.